The zero-order chi connectivity index (χ0) is 18.4. The highest BCUT2D eigenvalue weighted by atomic mass is 19.2. The third-order valence-electron chi connectivity index (χ3n) is 6.58. The Hall–Kier alpha value is -1.25. The second-order valence-electron chi connectivity index (χ2n) is 8.22. The van der Waals surface area contributed by atoms with Gasteiger partial charge in [0.05, 0.1) is 6.67 Å². The second kappa shape index (κ2) is 9.62. The molecule has 26 heavy (non-hydrogen) atoms. The molecule has 0 heterocycles. The highest BCUT2D eigenvalue weighted by molar-refractivity contribution is 5.22. The molecule has 3 heteroatoms. The molecule has 0 aromatic heterocycles. The lowest BCUT2D eigenvalue weighted by molar-refractivity contribution is 0.171. The van der Waals surface area contributed by atoms with E-state index in [2.05, 4.69) is 12.2 Å². The van der Waals surface area contributed by atoms with Crippen LogP contribution in [0.1, 0.15) is 75.7 Å². The summed E-state index contributed by atoms with van der Waals surface area (Å²) in [6.45, 7) is -0.218. The summed E-state index contributed by atoms with van der Waals surface area (Å²) in [5, 5.41) is 0. The minimum atomic E-state index is -0.752. The van der Waals surface area contributed by atoms with Crippen LogP contribution in [0.15, 0.2) is 30.4 Å². The Bertz CT molecular complexity index is 579. The van der Waals surface area contributed by atoms with Crippen molar-refractivity contribution in [3.8, 4) is 0 Å². The van der Waals surface area contributed by atoms with Gasteiger partial charge in [0, 0.05) is 0 Å². The molecule has 144 valence electrons. The fourth-order valence-electron chi connectivity index (χ4n) is 4.98. The number of hydrogen-bond donors (Lipinski definition) is 0. The molecule has 0 saturated heterocycles. The molecule has 0 aliphatic heterocycles. The molecule has 1 aromatic carbocycles. The van der Waals surface area contributed by atoms with Crippen LogP contribution >= 0.6 is 0 Å². The van der Waals surface area contributed by atoms with Gasteiger partial charge in [0.1, 0.15) is 0 Å². The fraction of sp³-hybridized carbons (Fsp3) is 0.652. The van der Waals surface area contributed by atoms with E-state index in [0.29, 0.717) is 18.3 Å². The van der Waals surface area contributed by atoms with E-state index in [1.807, 2.05) is 0 Å². The minimum Gasteiger partial charge on any atom is -0.251 e. The number of alkyl halides is 1. The number of rotatable bonds is 6. The van der Waals surface area contributed by atoms with Crippen molar-refractivity contribution in [1.82, 2.24) is 0 Å². The van der Waals surface area contributed by atoms with Gasteiger partial charge >= 0.3 is 0 Å². The lowest BCUT2D eigenvalue weighted by Gasteiger charge is -2.37. The normalized spacial score (nSPS) is 30.0. The topological polar surface area (TPSA) is 0 Å². The van der Waals surface area contributed by atoms with E-state index in [1.165, 1.54) is 50.7 Å². The first-order chi connectivity index (χ1) is 12.7. The van der Waals surface area contributed by atoms with Crippen LogP contribution in [0.4, 0.5) is 13.2 Å². The summed E-state index contributed by atoms with van der Waals surface area (Å²) in [6.07, 6.45) is 15.7. The summed E-state index contributed by atoms with van der Waals surface area (Å²) in [7, 11) is 0. The van der Waals surface area contributed by atoms with Gasteiger partial charge in [-0.05, 0) is 106 Å². The summed E-state index contributed by atoms with van der Waals surface area (Å²) in [6, 6.07) is 4.41. The summed E-state index contributed by atoms with van der Waals surface area (Å²) in [5.74, 6) is 1.23. The monoisotopic (exact) mass is 364 g/mol. The van der Waals surface area contributed by atoms with Crippen LogP contribution in [-0.4, -0.2) is 6.67 Å². The van der Waals surface area contributed by atoms with Crippen LogP contribution in [0, 0.1) is 29.4 Å². The van der Waals surface area contributed by atoms with Crippen molar-refractivity contribution in [3.05, 3.63) is 47.5 Å². The van der Waals surface area contributed by atoms with Gasteiger partial charge in [-0.15, -0.1) is 0 Å². The van der Waals surface area contributed by atoms with Crippen LogP contribution in [0.25, 0.3) is 0 Å². The van der Waals surface area contributed by atoms with Gasteiger partial charge in [-0.3, -0.25) is 4.39 Å². The predicted molar refractivity (Wildman–Crippen MR) is 101 cm³/mol. The van der Waals surface area contributed by atoms with Gasteiger partial charge in [0.25, 0.3) is 0 Å². The molecule has 3 rings (SSSR count). The molecule has 0 radical (unpaired) electrons. The van der Waals surface area contributed by atoms with Gasteiger partial charge in [-0.25, -0.2) is 8.78 Å². The summed E-state index contributed by atoms with van der Waals surface area (Å²) < 4.78 is 38.7. The maximum atomic E-state index is 13.5. The second-order valence-corrected chi connectivity index (χ2v) is 8.22. The van der Waals surface area contributed by atoms with Gasteiger partial charge in [0.2, 0.25) is 0 Å². The van der Waals surface area contributed by atoms with Gasteiger partial charge in [0.15, 0.2) is 11.6 Å². The number of halogens is 3. The highest BCUT2D eigenvalue weighted by Crippen LogP contribution is 2.44. The molecule has 0 atom stereocenters. The van der Waals surface area contributed by atoms with Crippen molar-refractivity contribution in [3.63, 3.8) is 0 Å². The molecule has 2 aliphatic rings. The smallest absolute Gasteiger partial charge is 0.159 e. The Balaban J connectivity index is 1.43. The van der Waals surface area contributed by atoms with E-state index in [9.17, 15) is 13.2 Å². The summed E-state index contributed by atoms with van der Waals surface area (Å²) in [5.41, 5.74) is 0.962. The lowest BCUT2D eigenvalue weighted by Crippen LogP contribution is -2.25. The Morgan fingerprint density at radius 1 is 0.846 bits per heavy atom. The van der Waals surface area contributed by atoms with E-state index < -0.39 is 11.6 Å². The molecule has 0 unspecified atom stereocenters. The van der Waals surface area contributed by atoms with E-state index in [1.54, 1.807) is 6.07 Å². The van der Waals surface area contributed by atoms with E-state index >= 15 is 0 Å². The van der Waals surface area contributed by atoms with Gasteiger partial charge in [-0.1, -0.05) is 18.2 Å². The zero-order valence-electron chi connectivity index (χ0n) is 15.6. The third-order valence-corrected chi connectivity index (χ3v) is 6.58. The SMILES string of the molecule is FCCC/C=C/C1CCC(C2CCC(c3ccc(F)c(F)c3)CC2)CC1. The summed E-state index contributed by atoms with van der Waals surface area (Å²) in [4.78, 5) is 0. The molecular formula is C23H31F3. The van der Waals surface area contributed by atoms with E-state index in [0.717, 1.165) is 36.7 Å². The largest absolute Gasteiger partial charge is 0.251 e. The average Bonchev–Trinajstić information content (AvgIpc) is 2.68. The first-order valence-corrected chi connectivity index (χ1v) is 10.3. The zero-order valence-corrected chi connectivity index (χ0v) is 15.6. The molecule has 2 aliphatic carbocycles. The first-order valence-electron chi connectivity index (χ1n) is 10.3. The van der Waals surface area contributed by atoms with Crippen LogP contribution in [0.3, 0.4) is 0 Å². The molecular weight excluding hydrogens is 333 g/mol. The van der Waals surface area contributed by atoms with Crippen molar-refractivity contribution >= 4 is 0 Å². The van der Waals surface area contributed by atoms with Crippen LogP contribution in [0.2, 0.25) is 0 Å². The number of hydrogen-bond acceptors (Lipinski definition) is 0. The summed E-state index contributed by atoms with van der Waals surface area (Å²) >= 11 is 0. The van der Waals surface area contributed by atoms with Crippen LogP contribution in [-0.2, 0) is 0 Å². The number of benzene rings is 1. The quantitative estimate of drug-likeness (QED) is 0.365. The Labute approximate surface area is 155 Å². The Morgan fingerprint density at radius 2 is 1.50 bits per heavy atom. The van der Waals surface area contributed by atoms with Crippen molar-refractivity contribution in [1.29, 1.82) is 0 Å². The number of unbranched alkanes of at least 4 members (excludes halogenated alkanes) is 1. The van der Waals surface area contributed by atoms with E-state index in [4.69, 9.17) is 0 Å². The van der Waals surface area contributed by atoms with Crippen molar-refractivity contribution in [2.24, 2.45) is 17.8 Å². The van der Waals surface area contributed by atoms with Crippen LogP contribution < -0.4 is 0 Å². The fourth-order valence-corrected chi connectivity index (χ4v) is 4.98. The van der Waals surface area contributed by atoms with Crippen molar-refractivity contribution in [2.45, 2.75) is 70.1 Å². The highest BCUT2D eigenvalue weighted by Gasteiger charge is 2.30. The molecule has 0 spiro atoms. The molecule has 0 nitrogen and oxygen atoms in total. The van der Waals surface area contributed by atoms with Gasteiger partial charge < -0.3 is 0 Å². The average molecular weight is 364 g/mol. The third kappa shape index (κ3) is 5.14. The molecule has 2 saturated carbocycles. The van der Waals surface area contributed by atoms with Gasteiger partial charge in [-0.2, -0.15) is 0 Å². The molecule has 2 fully saturated rings. The lowest BCUT2D eigenvalue weighted by atomic mass is 9.68. The maximum absolute atomic E-state index is 13.5. The number of allylic oxidation sites excluding steroid dienone is 2. The standard InChI is InChI=1S/C23H31F3/c24-15-3-1-2-4-17-5-7-18(8-6-17)19-9-11-20(12-10-19)21-13-14-22(25)23(26)16-21/h2,4,13-14,16-20H,1,3,5-12,15H2/b4-2+. The first kappa shape index (κ1) is 19.5. The maximum Gasteiger partial charge on any atom is 0.159 e. The van der Waals surface area contributed by atoms with Crippen LogP contribution in [0.5, 0.6) is 0 Å². The Kier molecular flexibility index (Phi) is 7.22. The van der Waals surface area contributed by atoms with Crippen molar-refractivity contribution < 1.29 is 13.2 Å². The van der Waals surface area contributed by atoms with E-state index in [-0.39, 0.29) is 6.67 Å². The molecule has 0 bridgehead atoms. The minimum absolute atomic E-state index is 0.218. The Morgan fingerprint density at radius 3 is 2.12 bits per heavy atom. The van der Waals surface area contributed by atoms with Crippen molar-refractivity contribution in [2.75, 3.05) is 6.67 Å². The predicted octanol–water partition coefficient (Wildman–Crippen LogP) is 7.35. The molecule has 1 aromatic rings. The molecule has 0 amide bonds. The molecule has 0 N–H and O–H groups in total.